The quantitative estimate of drug-likeness (QED) is 0.334. The van der Waals surface area contributed by atoms with Crippen molar-refractivity contribution in [3.05, 3.63) is 39.4 Å². The van der Waals surface area contributed by atoms with E-state index in [2.05, 4.69) is 0 Å². The summed E-state index contributed by atoms with van der Waals surface area (Å²) in [6.45, 7) is 1.84. The second-order valence-corrected chi connectivity index (χ2v) is 2.87. The zero-order chi connectivity index (χ0) is 12.1. The smallest absolute Gasteiger partial charge is 0.338 e. The van der Waals surface area contributed by atoms with Gasteiger partial charge in [0.2, 0.25) is 0 Å². The number of ether oxygens (including phenoxy) is 1. The molecule has 6 nitrogen and oxygen atoms in total. The fraction of sp³-hybridized carbons (Fsp3) is 0.200. The predicted molar refractivity (Wildman–Crippen MR) is 54.4 cm³/mol. The van der Waals surface area contributed by atoms with Gasteiger partial charge < -0.3 is 4.74 Å². The molecular weight excluding hydrogens is 214 g/mol. The van der Waals surface area contributed by atoms with Crippen molar-refractivity contribution in [3.8, 4) is 0 Å². The third-order valence-electron chi connectivity index (χ3n) is 1.86. The first kappa shape index (κ1) is 11.8. The van der Waals surface area contributed by atoms with Crippen LogP contribution in [0, 0.1) is 10.1 Å². The molecule has 0 fully saturated rings. The van der Waals surface area contributed by atoms with Gasteiger partial charge in [-0.1, -0.05) is 0 Å². The third-order valence-corrected chi connectivity index (χ3v) is 1.86. The van der Waals surface area contributed by atoms with Gasteiger partial charge >= 0.3 is 5.97 Å². The van der Waals surface area contributed by atoms with Crippen molar-refractivity contribution in [3.63, 3.8) is 0 Å². The van der Waals surface area contributed by atoms with E-state index < -0.39 is 10.9 Å². The van der Waals surface area contributed by atoms with Crippen molar-refractivity contribution in [2.24, 2.45) is 0 Å². The molecule has 0 unspecified atom stereocenters. The lowest BCUT2D eigenvalue weighted by molar-refractivity contribution is -0.385. The summed E-state index contributed by atoms with van der Waals surface area (Å²) in [5, 5.41) is 10.5. The van der Waals surface area contributed by atoms with Crippen LogP contribution in [-0.2, 0) is 4.74 Å². The van der Waals surface area contributed by atoms with E-state index in [1.54, 1.807) is 6.92 Å². The number of benzene rings is 1. The minimum Gasteiger partial charge on any atom is -0.462 e. The summed E-state index contributed by atoms with van der Waals surface area (Å²) in [7, 11) is 0. The Labute approximate surface area is 91.0 Å². The Kier molecular flexibility index (Phi) is 3.71. The number of carbonyl (C=O) groups is 2. The van der Waals surface area contributed by atoms with Gasteiger partial charge in [-0.3, -0.25) is 14.9 Å². The van der Waals surface area contributed by atoms with Gasteiger partial charge in [0, 0.05) is 6.07 Å². The Hall–Kier alpha value is -2.24. The van der Waals surface area contributed by atoms with Gasteiger partial charge in [-0.25, -0.2) is 4.79 Å². The van der Waals surface area contributed by atoms with Gasteiger partial charge in [-0.2, -0.15) is 0 Å². The van der Waals surface area contributed by atoms with Crippen LogP contribution in [0.3, 0.4) is 0 Å². The average Bonchev–Trinajstić information content (AvgIpc) is 2.28. The van der Waals surface area contributed by atoms with Gasteiger partial charge in [-0.15, -0.1) is 0 Å². The SMILES string of the molecule is CCOC(=O)c1ccc([N+](=O)[O-])c(C=O)c1. The molecule has 0 heterocycles. The van der Waals surface area contributed by atoms with Gasteiger partial charge in [0.25, 0.3) is 5.69 Å². The fourth-order valence-corrected chi connectivity index (χ4v) is 1.16. The minimum absolute atomic E-state index is 0.120. The lowest BCUT2D eigenvalue weighted by Gasteiger charge is -2.02. The maximum absolute atomic E-state index is 11.3. The van der Waals surface area contributed by atoms with E-state index in [0.29, 0.717) is 6.29 Å². The van der Waals surface area contributed by atoms with Gasteiger partial charge in [0.05, 0.1) is 22.7 Å². The molecule has 6 heteroatoms. The number of carbonyl (C=O) groups excluding carboxylic acids is 2. The summed E-state index contributed by atoms with van der Waals surface area (Å²) in [5.74, 6) is -0.611. The standard InChI is InChI=1S/C10H9NO5/c1-2-16-10(13)7-3-4-9(11(14)15)8(5-7)6-12/h3-6H,2H2,1H3. The average molecular weight is 223 g/mol. The summed E-state index contributed by atoms with van der Waals surface area (Å²) < 4.78 is 4.70. The Bertz CT molecular complexity index is 441. The summed E-state index contributed by atoms with van der Waals surface area (Å²) in [4.78, 5) is 31.7. The van der Waals surface area contributed by atoms with Crippen LogP contribution in [0.4, 0.5) is 5.69 Å². The van der Waals surface area contributed by atoms with E-state index >= 15 is 0 Å². The monoisotopic (exact) mass is 223 g/mol. The molecule has 0 bridgehead atoms. The lowest BCUT2D eigenvalue weighted by Crippen LogP contribution is -2.06. The highest BCUT2D eigenvalue weighted by atomic mass is 16.6. The van der Waals surface area contributed by atoms with E-state index in [-0.39, 0.29) is 23.4 Å². The molecule has 0 aliphatic rings. The minimum atomic E-state index is -0.682. The van der Waals surface area contributed by atoms with Crippen molar-refractivity contribution in [2.75, 3.05) is 6.61 Å². The number of nitrogens with zero attached hydrogens (tertiary/aromatic N) is 1. The molecule has 0 aromatic heterocycles. The van der Waals surface area contributed by atoms with E-state index in [1.165, 1.54) is 6.07 Å². The molecule has 0 amide bonds. The Balaban J connectivity index is 3.13. The largest absolute Gasteiger partial charge is 0.462 e. The second kappa shape index (κ2) is 5.01. The van der Waals surface area contributed by atoms with Crippen LogP contribution in [0.15, 0.2) is 18.2 Å². The molecule has 1 aromatic rings. The van der Waals surface area contributed by atoms with Crippen molar-refractivity contribution in [2.45, 2.75) is 6.92 Å². The van der Waals surface area contributed by atoms with Crippen LogP contribution in [0.1, 0.15) is 27.6 Å². The Morgan fingerprint density at radius 1 is 1.56 bits per heavy atom. The Morgan fingerprint density at radius 2 is 2.25 bits per heavy atom. The summed E-state index contributed by atoms with van der Waals surface area (Å²) in [6.07, 6.45) is 0.334. The maximum atomic E-state index is 11.3. The van der Waals surface area contributed by atoms with Crippen LogP contribution >= 0.6 is 0 Å². The highest BCUT2D eigenvalue weighted by Gasteiger charge is 2.16. The summed E-state index contributed by atoms with van der Waals surface area (Å²) in [5.41, 5.74) is -0.354. The Morgan fingerprint density at radius 3 is 2.75 bits per heavy atom. The highest BCUT2D eigenvalue weighted by molar-refractivity contribution is 5.93. The summed E-state index contributed by atoms with van der Waals surface area (Å²) >= 11 is 0. The number of aldehydes is 1. The number of hydrogen-bond acceptors (Lipinski definition) is 5. The van der Waals surface area contributed by atoms with E-state index in [0.717, 1.165) is 12.1 Å². The van der Waals surface area contributed by atoms with E-state index in [4.69, 9.17) is 4.74 Å². The molecule has 0 saturated carbocycles. The molecule has 1 aromatic carbocycles. The van der Waals surface area contributed by atoms with Crippen molar-refractivity contribution >= 4 is 17.9 Å². The zero-order valence-corrected chi connectivity index (χ0v) is 8.50. The van der Waals surface area contributed by atoms with Crippen LogP contribution in [0.5, 0.6) is 0 Å². The van der Waals surface area contributed by atoms with Crippen LogP contribution < -0.4 is 0 Å². The van der Waals surface area contributed by atoms with Crippen molar-refractivity contribution < 1.29 is 19.2 Å². The summed E-state index contributed by atoms with van der Waals surface area (Å²) in [6, 6.07) is 3.50. The van der Waals surface area contributed by atoms with Crippen molar-refractivity contribution in [1.29, 1.82) is 0 Å². The number of nitro groups is 1. The molecule has 1 rings (SSSR count). The second-order valence-electron chi connectivity index (χ2n) is 2.87. The van der Waals surface area contributed by atoms with Gasteiger partial charge in [0.15, 0.2) is 6.29 Å². The maximum Gasteiger partial charge on any atom is 0.338 e. The molecule has 0 saturated heterocycles. The molecule has 0 radical (unpaired) electrons. The van der Waals surface area contributed by atoms with E-state index in [9.17, 15) is 19.7 Å². The predicted octanol–water partition coefficient (Wildman–Crippen LogP) is 1.58. The van der Waals surface area contributed by atoms with Crippen LogP contribution in [0.2, 0.25) is 0 Å². The molecule has 16 heavy (non-hydrogen) atoms. The van der Waals surface area contributed by atoms with Gasteiger partial charge in [-0.05, 0) is 19.1 Å². The molecule has 0 atom stereocenters. The number of esters is 1. The first-order valence-corrected chi connectivity index (χ1v) is 4.51. The molecule has 0 N–H and O–H groups in total. The van der Waals surface area contributed by atoms with Crippen LogP contribution in [-0.4, -0.2) is 23.8 Å². The van der Waals surface area contributed by atoms with Crippen molar-refractivity contribution in [1.82, 2.24) is 0 Å². The topological polar surface area (TPSA) is 86.5 Å². The number of hydrogen-bond donors (Lipinski definition) is 0. The number of nitro benzene ring substituents is 1. The first-order chi connectivity index (χ1) is 7.60. The van der Waals surface area contributed by atoms with E-state index in [1.807, 2.05) is 0 Å². The molecule has 0 spiro atoms. The third kappa shape index (κ3) is 2.41. The number of rotatable bonds is 4. The zero-order valence-electron chi connectivity index (χ0n) is 8.50. The molecular formula is C10H9NO5. The molecule has 0 aliphatic heterocycles. The normalized spacial score (nSPS) is 9.56. The van der Waals surface area contributed by atoms with Gasteiger partial charge in [0.1, 0.15) is 0 Å². The van der Waals surface area contributed by atoms with Crippen LogP contribution in [0.25, 0.3) is 0 Å². The first-order valence-electron chi connectivity index (χ1n) is 4.51. The molecule has 0 aliphatic carbocycles. The molecule has 84 valence electrons. The highest BCUT2D eigenvalue weighted by Crippen LogP contribution is 2.18. The lowest BCUT2D eigenvalue weighted by atomic mass is 10.1. The fourth-order valence-electron chi connectivity index (χ4n) is 1.16.